The summed E-state index contributed by atoms with van der Waals surface area (Å²) < 4.78 is 1.23. The van der Waals surface area contributed by atoms with Gasteiger partial charge in [-0.15, -0.1) is 0 Å². The molecule has 0 atom stereocenters. The number of H-pyrrole nitrogens is 2. The predicted octanol–water partition coefficient (Wildman–Crippen LogP) is 0.498. The Hall–Kier alpha value is -3.09. The summed E-state index contributed by atoms with van der Waals surface area (Å²) >= 11 is 0. The molecule has 0 unspecified atom stereocenters. The number of nitrogens with zero attached hydrogens (tertiary/aromatic N) is 2. The van der Waals surface area contributed by atoms with Crippen LogP contribution < -0.4 is 16.9 Å². The Morgan fingerprint density at radius 3 is 2.45 bits per heavy atom. The van der Waals surface area contributed by atoms with Crippen LogP contribution in [0.3, 0.4) is 0 Å². The molecule has 2 heterocycles. The fourth-order valence-electron chi connectivity index (χ4n) is 1.89. The molecule has 0 fully saturated rings. The van der Waals surface area contributed by atoms with Gasteiger partial charge < -0.3 is 5.73 Å². The smallest absolute Gasteiger partial charge is 0.266 e. The molecule has 2 aromatic heterocycles. The van der Waals surface area contributed by atoms with Crippen LogP contribution in [-0.2, 0) is 0 Å². The first-order valence-electron chi connectivity index (χ1n) is 5.88. The zero-order chi connectivity index (χ0) is 14.1. The van der Waals surface area contributed by atoms with E-state index in [1.165, 1.54) is 16.8 Å². The molecule has 3 aromatic rings. The van der Waals surface area contributed by atoms with Gasteiger partial charge in [0, 0.05) is 17.7 Å². The third kappa shape index (κ3) is 2.12. The van der Waals surface area contributed by atoms with E-state index in [4.69, 9.17) is 5.73 Å². The molecule has 0 aliphatic carbocycles. The van der Waals surface area contributed by atoms with Crippen LogP contribution >= 0.6 is 0 Å². The lowest BCUT2D eigenvalue weighted by Crippen LogP contribution is -2.16. The highest BCUT2D eigenvalue weighted by Gasteiger charge is 2.08. The van der Waals surface area contributed by atoms with Crippen LogP contribution in [0.25, 0.3) is 17.2 Å². The normalized spacial score (nSPS) is 10.6. The summed E-state index contributed by atoms with van der Waals surface area (Å²) in [5.41, 5.74) is 6.28. The van der Waals surface area contributed by atoms with Gasteiger partial charge in [-0.25, -0.2) is 9.67 Å². The van der Waals surface area contributed by atoms with Gasteiger partial charge >= 0.3 is 0 Å². The summed E-state index contributed by atoms with van der Waals surface area (Å²) in [6.45, 7) is 0. The van der Waals surface area contributed by atoms with Crippen LogP contribution in [0.5, 0.6) is 0 Å². The Morgan fingerprint density at radius 1 is 1.05 bits per heavy atom. The number of nitrogens with two attached hydrogens (primary N) is 1. The third-order valence-corrected chi connectivity index (χ3v) is 2.77. The maximum Gasteiger partial charge on any atom is 0.266 e. The van der Waals surface area contributed by atoms with Crippen molar-refractivity contribution in [2.75, 3.05) is 5.73 Å². The Balaban J connectivity index is 2.20. The second-order valence-corrected chi connectivity index (χ2v) is 4.20. The van der Waals surface area contributed by atoms with Crippen molar-refractivity contribution in [3.63, 3.8) is 0 Å². The van der Waals surface area contributed by atoms with Gasteiger partial charge in [0.15, 0.2) is 0 Å². The van der Waals surface area contributed by atoms with E-state index in [0.717, 1.165) is 5.56 Å². The van der Waals surface area contributed by atoms with Gasteiger partial charge in [-0.2, -0.15) is 0 Å². The van der Waals surface area contributed by atoms with Crippen molar-refractivity contribution in [1.82, 2.24) is 19.7 Å². The fraction of sp³-hybridized carbons (Fsp3) is 0. The highest BCUT2D eigenvalue weighted by atomic mass is 16.1. The van der Waals surface area contributed by atoms with Gasteiger partial charge in [-0.1, -0.05) is 30.3 Å². The molecule has 0 spiro atoms. The van der Waals surface area contributed by atoms with Gasteiger partial charge in [0.25, 0.3) is 11.1 Å². The Kier molecular flexibility index (Phi) is 2.72. The first kappa shape index (κ1) is 12.0. The summed E-state index contributed by atoms with van der Waals surface area (Å²) in [7, 11) is 0. The molecule has 100 valence electrons. The van der Waals surface area contributed by atoms with Crippen LogP contribution in [0, 0.1) is 0 Å². The number of hydrogen-bond donors (Lipinski definition) is 3. The molecule has 0 radical (unpaired) electrons. The van der Waals surface area contributed by atoms with Crippen molar-refractivity contribution in [1.29, 1.82) is 0 Å². The minimum absolute atomic E-state index is 0.163. The lowest BCUT2D eigenvalue weighted by Gasteiger charge is -2.06. The van der Waals surface area contributed by atoms with E-state index < -0.39 is 0 Å². The molecule has 20 heavy (non-hydrogen) atoms. The monoisotopic (exact) mass is 269 g/mol. The summed E-state index contributed by atoms with van der Waals surface area (Å²) in [5.74, 6) is 0.333. The molecule has 4 N–H and O–H groups in total. The summed E-state index contributed by atoms with van der Waals surface area (Å²) in [5, 5.41) is 2.47. The van der Waals surface area contributed by atoms with Crippen LogP contribution in [0.15, 0.2) is 52.1 Å². The number of aromatic amines is 2. The van der Waals surface area contributed by atoms with E-state index >= 15 is 0 Å². The Labute approximate surface area is 112 Å². The maximum absolute atomic E-state index is 11.7. The second kappa shape index (κ2) is 4.54. The van der Waals surface area contributed by atoms with E-state index in [1.807, 2.05) is 30.3 Å². The largest absolute Gasteiger partial charge is 0.383 e. The van der Waals surface area contributed by atoms with Crippen LogP contribution in [-0.4, -0.2) is 19.7 Å². The van der Waals surface area contributed by atoms with Gasteiger partial charge in [0.1, 0.15) is 5.82 Å². The van der Waals surface area contributed by atoms with Crippen LogP contribution in [0.2, 0.25) is 0 Å². The molecule has 7 nitrogen and oxygen atoms in total. The lowest BCUT2D eigenvalue weighted by molar-refractivity contribution is 0.801. The number of anilines is 1. The highest BCUT2D eigenvalue weighted by Crippen LogP contribution is 2.15. The Bertz CT molecular complexity index is 860. The van der Waals surface area contributed by atoms with E-state index in [2.05, 4.69) is 15.1 Å². The highest BCUT2D eigenvalue weighted by molar-refractivity contribution is 5.59. The average molecular weight is 269 g/mol. The zero-order valence-electron chi connectivity index (χ0n) is 10.3. The SMILES string of the molecule is Nc1cc(=O)[nH]n1-c1nc(-c2ccccc2)cc(=O)[nH]1. The quantitative estimate of drug-likeness (QED) is 0.629. The van der Waals surface area contributed by atoms with Crippen molar-refractivity contribution >= 4 is 5.82 Å². The number of aromatic nitrogens is 4. The standard InChI is InChI=1S/C13H11N5O2/c14-10-7-12(20)17-18(10)13-15-9(6-11(19)16-13)8-4-2-1-3-5-8/h1-7H,14H2,(H,17,20)(H,15,16,19). The molecule has 1 aromatic carbocycles. The topological polar surface area (TPSA) is 110 Å². The van der Waals surface area contributed by atoms with Gasteiger partial charge in [0.2, 0.25) is 5.95 Å². The van der Waals surface area contributed by atoms with Gasteiger partial charge in [-0.05, 0) is 0 Å². The van der Waals surface area contributed by atoms with Gasteiger partial charge in [-0.3, -0.25) is 19.7 Å². The molecular formula is C13H11N5O2. The number of benzene rings is 1. The van der Waals surface area contributed by atoms with Crippen LogP contribution in [0.1, 0.15) is 0 Å². The lowest BCUT2D eigenvalue weighted by atomic mass is 10.1. The number of rotatable bonds is 2. The fourth-order valence-corrected chi connectivity index (χ4v) is 1.89. The van der Waals surface area contributed by atoms with E-state index in [0.29, 0.717) is 5.69 Å². The number of nitrogen functional groups attached to an aromatic ring is 1. The van der Waals surface area contributed by atoms with E-state index in [-0.39, 0.29) is 22.9 Å². The first-order valence-corrected chi connectivity index (χ1v) is 5.88. The molecule has 0 amide bonds. The molecular weight excluding hydrogens is 258 g/mol. The first-order chi connectivity index (χ1) is 9.63. The number of nitrogens with one attached hydrogen (secondary N) is 2. The van der Waals surface area contributed by atoms with Crippen molar-refractivity contribution < 1.29 is 0 Å². The Morgan fingerprint density at radius 2 is 1.80 bits per heavy atom. The molecule has 0 aliphatic rings. The summed E-state index contributed by atoms with van der Waals surface area (Å²) in [6, 6.07) is 11.9. The molecule has 0 aliphatic heterocycles. The zero-order valence-corrected chi connectivity index (χ0v) is 10.3. The van der Waals surface area contributed by atoms with Crippen LogP contribution in [0.4, 0.5) is 5.82 Å². The third-order valence-electron chi connectivity index (χ3n) is 2.77. The molecule has 3 rings (SSSR count). The maximum atomic E-state index is 11.7. The molecule has 0 bridgehead atoms. The molecule has 0 saturated carbocycles. The van der Waals surface area contributed by atoms with Crippen molar-refractivity contribution in [2.45, 2.75) is 0 Å². The summed E-state index contributed by atoms with van der Waals surface area (Å²) in [6.07, 6.45) is 0. The van der Waals surface area contributed by atoms with E-state index in [9.17, 15) is 9.59 Å². The van der Waals surface area contributed by atoms with Crippen molar-refractivity contribution in [2.24, 2.45) is 0 Å². The summed E-state index contributed by atoms with van der Waals surface area (Å²) in [4.78, 5) is 29.8. The average Bonchev–Trinajstić information content (AvgIpc) is 2.78. The minimum atomic E-state index is -0.365. The molecule has 7 heteroatoms. The van der Waals surface area contributed by atoms with Gasteiger partial charge in [0.05, 0.1) is 5.69 Å². The predicted molar refractivity (Wildman–Crippen MR) is 74.7 cm³/mol. The number of hydrogen-bond acceptors (Lipinski definition) is 4. The van der Waals surface area contributed by atoms with Crippen molar-refractivity contribution in [3.05, 3.63) is 63.2 Å². The van der Waals surface area contributed by atoms with Crippen molar-refractivity contribution in [3.8, 4) is 17.2 Å². The second-order valence-electron chi connectivity index (χ2n) is 4.20. The minimum Gasteiger partial charge on any atom is -0.383 e. The molecule has 0 saturated heterocycles. The van der Waals surface area contributed by atoms with E-state index in [1.54, 1.807) is 0 Å².